The van der Waals surface area contributed by atoms with Crippen LogP contribution in [0, 0.1) is 13.8 Å². The lowest BCUT2D eigenvalue weighted by molar-refractivity contribution is -0.119. The largest absolute Gasteiger partial charge is 0.452 e. The minimum Gasteiger partial charge on any atom is -0.452 e. The maximum absolute atomic E-state index is 12.4. The maximum Gasteiger partial charge on any atom is 0.387 e. The van der Waals surface area contributed by atoms with Gasteiger partial charge in [0.1, 0.15) is 5.75 Å². The van der Waals surface area contributed by atoms with Crippen LogP contribution in [0.25, 0.3) is 0 Å². The lowest BCUT2D eigenvalue weighted by Crippen LogP contribution is -2.21. The fourth-order valence-electron chi connectivity index (χ4n) is 3.04. The topological polar surface area (TPSA) is 69.6 Å². The van der Waals surface area contributed by atoms with Crippen LogP contribution >= 0.6 is 0 Å². The Morgan fingerprint density at radius 1 is 1.26 bits per heavy atom. The molecular weight excluding hydrogens is 358 g/mol. The van der Waals surface area contributed by atoms with Crippen molar-refractivity contribution in [3.63, 3.8) is 0 Å². The summed E-state index contributed by atoms with van der Waals surface area (Å²) in [4.78, 5) is 24.3. The SMILES string of the molecule is Cc1cc(C(=O)OCC(=O)Nc2ccccc2OC(F)F)c(C)n1C1CC1. The van der Waals surface area contributed by atoms with Gasteiger partial charge < -0.3 is 19.4 Å². The number of carbonyl (C=O) groups excluding carboxylic acids is 2. The number of anilines is 1. The standard InChI is InChI=1S/C19H20F2N2O4/c1-11-9-14(12(2)23(11)13-7-8-13)18(25)26-10-17(24)22-15-5-3-4-6-16(15)27-19(20)21/h3-6,9,13,19H,7-8,10H2,1-2H3,(H,22,24). The molecule has 8 heteroatoms. The normalized spacial score (nSPS) is 13.5. The van der Waals surface area contributed by atoms with Crippen LogP contribution in [0.3, 0.4) is 0 Å². The van der Waals surface area contributed by atoms with Crippen LogP contribution in [-0.4, -0.2) is 29.7 Å². The number of aromatic nitrogens is 1. The highest BCUT2D eigenvalue weighted by atomic mass is 19.3. The fourth-order valence-corrected chi connectivity index (χ4v) is 3.04. The number of carbonyl (C=O) groups is 2. The Bertz CT molecular complexity index is 859. The van der Waals surface area contributed by atoms with Crippen molar-refractivity contribution >= 4 is 17.6 Å². The summed E-state index contributed by atoms with van der Waals surface area (Å²) in [6.07, 6.45) is 2.18. The van der Waals surface area contributed by atoms with E-state index in [4.69, 9.17) is 4.74 Å². The predicted molar refractivity (Wildman–Crippen MR) is 94.2 cm³/mol. The first-order valence-electron chi connectivity index (χ1n) is 8.56. The molecule has 0 spiro atoms. The lowest BCUT2D eigenvalue weighted by atomic mass is 10.2. The third-order valence-electron chi connectivity index (χ3n) is 4.33. The predicted octanol–water partition coefficient (Wildman–Crippen LogP) is 3.84. The number of hydrogen-bond acceptors (Lipinski definition) is 4. The molecule has 6 nitrogen and oxygen atoms in total. The van der Waals surface area contributed by atoms with Gasteiger partial charge in [-0.15, -0.1) is 0 Å². The minimum absolute atomic E-state index is 0.0748. The van der Waals surface area contributed by atoms with Crippen LogP contribution in [0.1, 0.15) is 40.6 Å². The van der Waals surface area contributed by atoms with E-state index in [0.29, 0.717) is 11.6 Å². The summed E-state index contributed by atoms with van der Waals surface area (Å²) in [6, 6.07) is 7.97. The molecule has 0 saturated heterocycles. The van der Waals surface area contributed by atoms with Crippen LogP contribution in [0.15, 0.2) is 30.3 Å². The number of nitrogens with zero attached hydrogens (tertiary/aromatic N) is 1. The van der Waals surface area contributed by atoms with E-state index in [1.807, 2.05) is 13.8 Å². The highest BCUT2D eigenvalue weighted by Gasteiger charge is 2.28. The first kappa shape index (κ1) is 18.9. The number of para-hydroxylation sites is 2. The van der Waals surface area contributed by atoms with E-state index in [1.165, 1.54) is 18.2 Å². The van der Waals surface area contributed by atoms with Gasteiger partial charge in [-0.2, -0.15) is 8.78 Å². The van der Waals surface area contributed by atoms with Crippen LogP contribution in [0.2, 0.25) is 0 Å². The molecular formula is C19H20F2N2O4. The zero-order valence-corrected chi connectivity index (χ0v) is 15.0. The van der Waals surface area contributed by atoms with Crippen molar-refractivity contribution < 1.29 is 27.8 Å². The Hall–Kier alpha value is -2.90. The van der Waals surface area contributed by atoms with Crippen LogP contribution in [0.4, 0.5) is 14.5 Å². The number of rotatable bonds is 7. The van der Waals surface area contributed by atoms with Crippen LogP contribution in [-0.2, 0) is 9.53 Å². The molecule has 27 heavy (non-hydrogen) atoms. The van der Waals surface area contributed by atoms with Gasteiger partial charge in [0.25, 0.3) is 5.91 Å². The van der Waals surface area contributed by atoms with Gasteiger partial charge in [-0.1, -0.05) is 12.1 Å². The zero-order chi connectivity index (χ0) is 19.6. The molecule has 1 amide bonds. The summed E-state index contributed by atoms with van der Waals surface area (Å²) >= 11 is 0. The molecule has 0 bridgehead atoms. The number of hydrogen-bond donors (Lipinski definition) is 1. The molecule has 1 heterocycles. The van der Waals surface area contributed by atoms with Crippen molar-refractivity contribution in [3.05, 3.63) is 47.3 Å². The number of halogens is 2. The smallest absolute Gasteiger partial charge is 0.387 e. The van der Waals surface area contributed by atoms with E-state index in [2.05, 4.69) is 14.6 Å². The Morgan fingerprint density at radius 3 is 2.63 bits per heavy atom. The van der Waals surface area contributed by atoms with Crippen molar-refractivity contribution in [2.75, 3.05) is 11.9 Å². The van der Waals surface area contributed by atoms with Crippen LogP contribution < -0.4 is 10.1 Å². The van der Waals surface area contributed by atoms with Gasteiger partial charge in [-0.25, -0.2) is 4.79 Å². The summed E-state index contributed by atoms with van der Waals surface area (Å²) in [6.45, 7) is 0.228. The van der Waals surface area contributed by atoms with E-state index in [0.717, 1.165) is 24.2 Å². The number of ether oxygens (including phenoxy) is 2. The molecule has 1 aliphatic carbocycles. The van der Waals surface area contributed by atoms with Crippen molar-refractivity contribution in [1.82, 2.24) is 4.57 Å². The summed E-state index contributed by atoms with van der Waals surface area (Å²) in [5.74, 6) is -1.41. The molecule has 2 aromatic rings. The molecule has 3 rings (SSSR count). The van der Waals surface area contributed by atoms with E-state index in [1.54, 1.807) is 12.1 Å². The van der Waals surface area contributed by atoms with E-state index in [-0.39, 0.29) is 11.4 Å². The molecule has 1 saturated carbocycles. The molecule has 1 aliphatic rings. The van der Waals surface area contributed by atoms with Gasteiger partial charge in [0, 0.05) is 17.4 Å². The number of nitrogens with one attached hydrogen (secondary N) is 1. The molecule has 1 fully saturated rings. The highest BCUT2D eigenvalue weighted by Crippen LogP contribution is 2.38. The second-order valence-electron chi connectivity index (χ2n) is 6.38. The first-order valence-corrected chi connectivity index (χ1v) is 8.56. The monoisotopic (exact) mass is 378 g/mol. The molecule has 1 N–H and O–H groups in total. The summed E-state index contributed by atoms with van der Waals surface area (Å²) in [5.41, 5.74) is 2.29. The summed E-state index contributed by atoms with van der Waals surface area (Å²) < 4.78 is 36.3. The summed E-state index contributed by atoms with van der Waals surface area (Å²) in [7, 11) is 0. The Labute approximate surface area is 155 Å². The third kappa shape index (κ3) is 4.45. The van der Waals surface area contributed by atoms with E-state index >= 15 is 0 Å². The van der Waals surface area contributed by atoms with Gasteiger partial charge in [0.05, 0.1) is 11.3 Å². The molecule has 0 unspecified atom stereocenters. The Morgan fingerprint density at radius 2 is 1.96 bits per heavy atom. The average molecular weight is 378 g/mol. The average Bonchev–Trinajstić information content (AvgIpc) is 3.39. The highest BCUT2D eigenvalue weighted by molar-refractivity contribution is 5.96. The Balaban J connectivity index is 1.60. The van der Waals surface area contributed by atoms with Gasteiger partial charge in [0.15, 0.2) is 6.61 Å². The minimum atomic E-state index is -3.01. The second kappa shape index (κ2) is 7.77. The van der Waals surface area contributed by atoms with Gasteiger partial charge in [0.2, 0.25) is 0 Å². The number of benzene rings is 1. The molecule has 1 aromatic carbocycles. The molecule has 144 valence electrons. The molecule has 0 aliphatic heterocycles. The molecule has 0 atom stereocenters. The molecule has 1 aromatic heterocycles. The van der Waals surface area contributed by atoms with E-state index < -0.39 is 25.1 Å². The number of aryl methyl sites for hydroxylation is 1. The second-order valence-corrected chi connectivity index (χ2v) is 6.38. The quantitative estimate of drug-likeness (QED) is 0.744. The van der Waals surface area contributed by atoms with E-state index in [9.17, 15) is 18.4 Å². The number of amides is 1. The Kier molecular flexibility index (Phi) is 5.43. The van der Waals surface area contributed by atoms with Gasteiger partial charge >= 0.3 is 12.6 Å². The maximum atomic E-state index is 12.4. The first-order chi connectivity index (χ1) is 12.9. The lowest BCUT2D eigenvalue weighted by Gasteiger charge is -2.12. The van der Waals surface area contributed by atoms with Gasteiger partial charge in [-0.3, -0.25) is 4.79 Å². The summed E-state index contributed by atoms with van der Waals surface area (Å²) in [5, 5.41) is 2.40. The van der Waals surface area contributed by atoms with Crippen molar-refractivity contribution in [2.45, 2.75) is 39.3 Å². The van der Waals surface area contributed by atoms with Crippen molar-refractivity contribution in [3.8, 4) is 5.75 Å². The van der Waals surface area contributed by atoms with Crippen molar-refractivity contribution in [2.24, 2.45) is 0 Å². The fraction of sp³-hybridized carbons (Fsp3) is 0.368. The molecule has 0 radical (unpaired) electrons. The number of alkyl halides is 2. The number of esters is 1. The third-order valence-corrected chi connectivity index (χ3v) is 4.33. The van der Waals surface area contributed by atoms with Crippen molar-refractivity contribution in [1.29, 1.82) is 0 Å². The van der Waals surface area contributed by atoms with Crippen LogP contribution in [0.5, 0.6) is 5.75 Å². The zero-order valence-electron chi connectivity index (χ0n) is 15.0. The van der Waals surface area contributed by atoms with Gasteiger partial charge in [-0.05, 0) is 44.9 Å².